The molecular weight excluding hydrogens is 270 g/mol. The predicted molar refractivity (Wildman–Crippen MR) is 81.2 cm³/mol. The van der Waals surface area contributed by atoms with Gasteiger partial charge >= 0.3 is 6.03 Å². The Hall–Kier alpha value is -2.08. The third-order valence-electron chi connectivity index (χ3n) is 2.74. The number of amides is 3. The molecule has 6 heteroatoms. The number of carbonyl (C=O) groups excluding carboxylic acids is 2. The fourth-order valence-corrected chi connectivity index (χ4v) is 1.64. The molecule has 1 aromatic rings. The lowest BCUT2D eigenvalue weighted by Gasteiger charge is -2.08. The standard InChI is InChI=1S/C15H23N3O3/c1-3-4-9-17-15(20)18-14(19)11-21-13-7-5-12(6-8-13)10-16-2/h5-8,16H,3-4,9-11H2,1-2H3,(H2,17,18,19,20). The van der Waals surface area contributed by atoms with Crippen LogP contribution in [0.15, 0.2) is 24.3 Å². The number of hydrogen-bond donors (Lipinski definition) is 3. The van der Waals surface area contributed by atoms with Crippen molar-refractivity contribution in [2.45, 2.75) is 26.3 Å². The Labute approximate surface area is 125 Å². The molecule has 0 saturated carbocycles. The zero-order chi connectivity index (χ0) is 15.5. The maximum absolute atomic E-state index is 11.5. The van der Waals surface area contributed by atoms with Crippen LogP contribution in [0.5, 0.6) is 5.75 Å². The second-order valence-corrected chi connectivity index (χ2v) is 4.62. The molecular formula is C15H23N3O3. The van der Waals surface area contributed by atoms with Gasteiger partial charge in [-0.25, -0.2) is 4.79 Å². The minimum absolute atomic E-state index is 0.188. The van der Waals surface area contributed by atoms with Crippen LogP contribution in [0.1, 0.15) is 25.3 Å². The molecule has 0 radical (unpaired) electrons. The third kappa shape index (κ3) is 7.31. The molecule has 0 aliphatic rings. The molecule has 3 amide bonds. The van der Waals surface area contributed by atoms with Crippen molar-refractivity contribution in [1.29, 1.82) is 0 Å². The van der Waals surface area contributed by atoms with Crippen LogP contribution in [0, 0.1) is 0 Å². The fraction of sp³-hybridized carbons (Fsp3) is 0.467. The summed E-state index contributed by atoms with van der Waals surface area (Å²) in [5, 5.41) is 7.86. The van der Waals surface area contributed by atoms with Crippen LogP contribution >= 0.6 is 0 Å². The molecule has 0 aromatic heterocycles. The lowest BCUT2D eigenvalue weighted by Crippen LogP contribution is -2.41. The second kappa shape index (κ2) is 9.77. The van der Waals surface area contributed by atoms with Gasteiger partial charge in [0.2, 0.25) is 0 Å². The van der Waals surface area contributed by atoms with Crippen LogP contribution < -0.4 is 20.7 Å². The van der Waals surface area contributed by atoms with E-state index in [9.17, 15) is 9.59 Å². The molecule has 0 aliphatic heterocycles. The van der Waals surface area contributed by atoms with Crippen molar-refractivity contribution < 1.29 is 14.3 Å². The van der Waals surface area contributed by atoms with Gasteiger partial charge in [-0.3, -0.25) is 10.1 Å². The quantitative estimate of drug-likeness (QED) is 0.633. The first kappa shape index (κ1) is 17.0. The molecule has 0 saturated heterocycles. The number of rotatable bonds is 8. The fourth-order valence-electron chi connectivity index (χ4n) is 1.64. The highest BCUT2D eigenvalue weighted by Gasteiger charge is 2.07. The summed E-state index contributed by atoms with van der Waals surface area (Å²) in [4.78, 5) is 22.9. The maximum Gasteiger partial charge on any atom is 0.321 e. The Morgan fingerprint density at radius 3 is 2.52 bits per heavy atom. The minimum Gasteiger partial charge on any atom is -0.484 e. The second-order valence-electron chi connectivity index (χ2n) is 4.62. The molecule has 1 aromatic carbocycles. The Morgan fingerprint density at radius 2 is 1.90 bits per heavy atom. The van der Waals surface area contributed by atoms with Gasteiger partial charge in [-0.05, 0) is 31.2 Å². The summed E-state index contributed by atoms with van der Waals surface area (Å²) in [7, 11) is 1.88. The highest BCUT2D eigenvalue weighted by molar-refractivity contribution is 5.94. The summed E-state index contributed by atoms with van der Waals surface area (Å²) in [6, 6.07) is 6.94. The smallest absolute Gasteiger partial charge is 0.321 e. The van der Waals surface area contributed by atoms with Gasteiger partial charge in [0, 0.05) is 13.1 Å². The molecule has 0 fully saturated rings. The van der Waals surface area contributed by atoms with Crippen molar-refractivity contribution in [3.8, 4) is 5.75 Å². The van der Waals surface area contributed by atoms with Gasteiger partial charge in [-0.1, -0.05) is 25.5 Å². The van der Waals surface area contributed by atoms with Crippen LogP contribution in [0.25, 0.3) is 0 Å². The Morgan fingerprint density at radius 1 is 1.19 bits per heavy atom. The molecule has 0 unspecified atom stereocenters. The number of carbonyl (C=O) groups is 2. The van der Waals surface area contributed by atoms with Gasteiger partial charge in [-0.2, -0.15) is 0 Å². The van der Waals surface area contributed by atoms with Gasteiger partial charge in [-0.15, -0.1) is 0 Å². The van der Waals surface area contributed by atoms with Crippen LogP contribution in [-0.2, 0) is 11.3 Å². The number of urea groups is 1. The van der Waals surface area contributed by atoms with Crippen LogP contribution in [0.4, 0.5) is 4.79 Å². The van der Waals surface area contributed by atoms with Crippen molar-refractivity contribution in [1.82, 2.24) is 16.0 Å². The van der Waals surface area contributed by atoms with Gasteiger partial charge in [0.25, 0.3) is 5.91 Å². The van der Waals surface area contributed by atoms with E-state index in [1.54, 1.807) is 12.1 Å². The topological polar surface area (TPSA) is 79.5 Å². The van der Waals surface area contributed by atoms with E-state index in [2.05, 4.69) is 16.0 Å². The Bertz CT molecular complexity index is 446. The molecule has 3 N–H and O–H groups in total. The van der Waals surface area contributed by atoms with E-state index in [1.165, 1.54) is 0 Å². The Balaban J connectivity index is 2.27. The maximum atomic E-state index is 11.5. The molecule has 6 nitrogen and oxygen atoms in total. The van der Waals surface area contributed by atoms with Gasteiger partial charge < -0.3 is 15.4 Å². The van der Waals surface area contributed by atoms with Crippen LogP contribution in [-0.4, -0.2) is 32.1 Å². The predicted octanol–water partition coefficient (Wildman–Crippen LogP) is 1.41. The first-order valence-electron chi connectivity index (χ1n) is 7.09. The number of unbranched alkanes of at least 4 members (excludes halogenated alkanes) is 1. The van der Waals surface area contributed by atoms with Crippen molar-refractivity contribution in [3.05, 3.63) is 29.8 Å². The lowest BCUT2D eigenvalue weighted by molar-refractivity contribution is -0.122. The largest absolute Gasteiger partial charge is 0.484 e. The summed E-state index contributed by atoms with van der Waals surface area (Å²) < 4.78 is 5.32. The molecule has 1 rings (SSSR count). The molecule has 0 bridgehead atoms. The molecule has 21 heavy (non-hydrogen) atoms. The molecule has 0 spiro atoms. The van der Waals surface area contributed by atoms with Crippen molar-refractivity contribution in [3.63, 3.8) is 0 Å². The monoisotopic (exact) mass is 293 g/mol. The zero-order valence-corrected chi connectivity index (χ0v) is 12.6. The van der Waals surface area contributed by atoms with E-state index >= 15 is 0 Å². The number of hydrogen-bond acceptors (Lipinski definition) is 4. The average Bonchev–Trinajstić information content (AvgIpc) is 2.47. The minimum atomic E-state index is -0.485. The van der Waals surface area contributed by atoms with E-state index in [0.717, 1.165) is 24.9 Å². The Kier molecular flexibility index (Phi) is 7.89. The number of nitrogens with one attached hydrogen (secondary N) is 3. The first-order valence-corrected chi connectivity index (χ1v) is 7.09. The zero-order valence-electron chi connectivity index (χ0n) is 12.6. The number of ether oxygens (including phenoxy) is 1. The summed E-state index contributed by atoms with van der Waals surface area (Å²) in [6.07, 6.45) is 1.87. The first-order chi connectivity index (χ1) is 10.2. The van der Waals surface area contributed by atoms with E-state index in [-0.39, 0.29) is 6.61 Å². The molecule has 116 valence electrons. The van der Waals surface area contributed by atoms with Crippen molar-refractivity contribution in [2.75, 3.05) is 20.2 Å². The SMILES string of the molecule is CCCCNC(=O)NC(=O)COc1ccc(CNC)cc1. The highest BCUT2D eigenvalue weighted by atomic mass is 16.5. The summed E-state index contributed by atoms with van der Waals surface area (Å²) >= 11 is 0. The summed E-state index contributed by atoms with van der Waals surface area (Å²) in [5.74, 6) is 0.125. The van der Waals surface area contributed by atoms with E-state index in [4.69, 9.17) is 4.74 Å². The van der Waals surface area contributed by atoms with Gasteiger partial charge in [0.1, 0.15) is 5.75 Å². The van der Waals surface area contributed by atoms with E-state index in [0.29, 0.717) is 12.3 Å². The molecule has 0 aliphatic carbocycles. The van der Waals surface area contributed by atoms with Gasteiger partial charge in [0.05, 0.1) is 0 Å². The lowest BCUT2D eigenvalue weighted by atomic mass is 10.2. The van der Waals surface area contributed by atoms with Crippen molar-refractivity contribution in [2.24, 2.45) is 0 Å². The van der Waals surface area contributed by atoms with Crippen LogP contribution in [0.3, 0.4) is 0 Å². The van der Waals surface area contributed by atoms with E-state index < -0.39 is 11.9 Å². The van der Waals surface area contributed by atoms with Crippen LogP contribution in [0.2, 0.25) is 0 Å². The normalized spacial score (nSPS) is 10.0. The highest BCUT2D eigenvalue weighted by Crippen LogP contribution is 2.11. The third-order valence-corrected chi connectivity index (χ3v) is 2.74. The van der Waals surface area contributed by atoms with E-state index in [1.807, 2.05) is 26.1 Å². The van der Waals surface area contributed by atoms with Gasteiger partial charge in [0.15, 0.2) is 6.61 Å². The summed E-state index contributed by atoms with van der Waals surface area (Å²) in [6.45, 7) is 3.18. The molecule has 0 atom stereocenters. The number of imide groups is 1. The summed E-state index contributed by atoms with van der Waals surface area (Å²) in [5.41, 5.74) is 1.13. The number of benzene rings is 1. The average molecular weight is 293 g/mol. The van der Waals surface area contributed by atoms with Crippen molar-refractivity contribution >= 4 is 11.9 Å². The molecule has 0 heterocycles.